The predicted octanol–water partition coefficient (Wildman–Crippen LogP) is 9.63. The summed E-state index contributed by atoms with van der Waals surface area (Å²) in [5, 5.41) is 4.96. The average molecular weight is 738 g/mol. The molecule has 1 atom stereocenters. The number of hydrogen-bond donors (Lipinski definition) is 0. The van der Waals surface area contributed by atoms with E-state index >= 15 is 0 Å². The van der Waals surface area contributed by atoms with Crippen molar-refractivity contribution in [3.05, 3.63) is 193 Å². The second-order valence-electron chi connectivity index (χ2n) is 16.1. The first kappa shape index (κ1) is 30.7. The lowest BCUT2D eigenvalue weighted by atomic mass is 9.34. The summed E-state index contributed by atoms with van der Waals surface area (Å²) >= 11 is 0. The molecule has 11 aromatic rings. The van der Waals surface area contributed by atoms with Crippen LogP contribution < -0.4 is 16.4 Å². The molecule has 0 N–H and O–H groups in total. The molecule has 0 amide bonds. The molecule has 6 heteroatoms. The molecule has 58 heavy (non-hydrogen) atoms. The van der Waals surface area contributed by atoms with Crippen LogP contribution >= 0.6 is 0 Å². The fourth-order valence-corrected chi connectivity index (χ4v) is 11.1. The SMILES string of the molecule is c1ccc(C2Cc3ccccc3-c3c2n2c4c(cccc34)B3c4c-2cc(-c2ccccn2)cc4-n2c4c3cccc4c3c4cccnc4n(-c4ccccc4)c32)cc1. The Hall–Kier alpha value is -7.44. The van der Waals surface area contributed by atoms with E-state index < -0.39 is 0 Å². The van der Waals surface area contributed by atoms with Gasteiger partial charge in [-0.2, -0.15) is 0 Å². The maximum absolute atomic E-state index is 5.06. The first-order chi connectivity index (χ1) is 28.8. The van der Waals surface area contributed by atoms with E-state index in [1.165, 1.54) is 82.9 Å². The second kappa shape index (κ2) is 11.1. The lowest BCUT2D eigenvalue weighted by Gasteiger charge is -2.36. The van der Waals surface area contributed by atoms with Crippen molar-refractivity contribution < 1.29 is 0 Å². The number of aromatic nitrogens is 5. The van der Waals surface area contributed by atoms with E-state index in [1.807, 2.05) is 18.5 Å². The maximum atomic E-state index is 5.06. The van der Waals surface area contributed by atoms with E-state index in [4.69, 9.17) is 9.97 Å². The van der Waals surface area contributed by atoms with Gasteiger partial charge < -0.3 is 4.57 Å². The summed E-state index contributed by atoms with van der Waals surface area (Å²) in [6.07, 6.45) is 4.77. The Bertz CT molecular complexity index is 3540. The number of fused-ring (bicyclic) bond motifs is 14. The quantitative estimate of drug-likeness (QED) is 0.170. The molecular formula is C52H32BN5. The first-order valence-corrected chi connectivity index (χ1v) is 20.2. The zero-order valence-electron chi connectivity index (χ0n) is 31.3. The largest absolute Gasteiger partial charge is 0.313 e. The van der Waals surface area contributed by atoms with Crippen LogP contribution in [-0.4, -0.2) is 30.4 Å². The molecule has 0 saturated carbocycles. The lowest BCUT2D eigenvalue weighted by Crippen LogP contribution is -2.59. The van der Waals surface area contributed by atoms with Crippen molar-refractivity contribution >= 4 is 67.0 Å². The van der Waals surface area contributed by atoms with E-state index in [2.05, 4.69) is 171 Å². The number of para-hydroxylation sites is 3. The van der Waals surface area contributed by atoms with Crippen molar-refractivity contribution in [2.24, 2.45) is 0 Å². The zero-order chi connectivity index (χ0) is 37.6. The van der Waals surface area contributed by atoms with Crippen LogP contribution in [0.4, 0.5) is 0 Å². The van der Waals surface area contributed by atoms with Gasteiger partial charge in [0.25, 0.3) is 6.71 Å². The Balaban J connectivity index is 1.21. The van der Waals surface area contributed by atoms with Crippen molar-refractivity contribution in [2.45, 2.75) is 12.3 Å². The molecule has 0 spiro atoms. The number of hydrogen-bond acceptors (Lipinski definition) is 2. The van der Waals surface area contributed by atoms with Gasteiger partial charge in [0.05, 0.1) is 11.2 Å². The molecule has 1 unspecified atom stereocenters. The summed E-state index contributed by atoms with van der Waals surface area (Å²) in [4.78, 5) is 10.0. The van der Waals surface area contributed by atoms with Gasteiger partial charge >= 0.3 is 0 Å². The predicted molar refractivity (Wildman–Crippen MR) is 238 cm³/mol. The smallest absolute Gasteiger partial charge is 0.252 e. The molecule has 2 aliphatic heterocycles. The van der Waals surface area contributed by atoms with Crippen molar-refractivity contribution in [1.82, 2.24) is 23.7 Å². The van der Waals surface area contributed by atoms with Crippen LogP contribution in [0, 0.1) is 0 Å². The van der Waals surface area contributed by atoms with Gasteiger partial charge in [-0.3, -0.25) is 14.1 Å². The number of nitrogens with zero attached hydrogens (tertiary/aromatic N) is 5. The summed E-state index contributed by atoms with van der Waals surface area (Å²) in [5.74, 6) is 0.171. The van der Waals surface area contributed by atoms with E-state index in [0.29, 0.717) is 0 Å². The standard InChI is InChI=1S/C52H32BN5/c1-3-14-31(15-4-1)39-28-32-16-7-8-19-35(32)45-36-20-11-23-40-48(36)57(50(39)45)43-29-33(42-25-9-10-26-54-42)30-44-47(43)53(40)41-24-12-21-37-46-38-22-13-27-55-51(38)56(34-17-5-2-6-18-34)52(46)58(44)49(37)41/h1-27,29-30,39H,28H2. The molecule has 0 saturated heterocycles. The van der Waals surface area contributed by atoms with Crippen LogP contribution in [0.25, 0.3) is 83.3 Å². The lowest BCUT2D eigenvalue weighted by molar-refractivity contribution is 0.746. The Morgan fingerprint density at radius 1 is 0.552 bits per heavy atom. The molecule has 5 aromatic heterocycles. The van der Waals surface area contributed by atoms with Crippen LogP contribution in [0.1, 0.15) is 22.7 Å². The summed E-state index contributed by atoms with van der Waals surface area (Å²) in [6.45, 7) is 0.0329. The van der Waals surface area contributed by atoms with E-state index in [1.54, 1.807) is 0 Å². The van der Waals surface area contributed by atoms with E-state index in [0.717, 1.165) is 40.0 Å². The van der Waals surface area contributed by atoms with Crippen molar-refractivity contribution in [3.8, 4) is 39.4 Å². The Morgan fingerprint density at radius 3 is 2.05 bits per heavy atom. The Kier molecular flexibility index (Phi) is 5.89. The molecular weight excluding hydrogens is 705 g/mol. The monoisotopic (exact) mass is 737 g/mol. The van der Waals surface area contributed by atoms with Gasteiger partial charge in [-0.25, -0.2) is 4.98 Å². The number of pyridine rings is 2. The molecule has 0 bridgehead atoms. The van der Waals surface area contributed by atoms with Crippen LogP contribution in [0.5, 0.6) is 0 Å². The van der Waals surface area contributed by atoms with Gasteiger partial charge in [-0.05, 0) is 88.0 Å². The molecule has 3 aliphatic rings. The van der Waals surface area contributed by atoms with Crippen LogP contribution in [-0.2, 0) is 6.42 Å². The van der Waals surface area contributed by atoms with Crippen LogP contribution in [0.3, 0.4) is 0 Å². The molecule has 5 nitrogen and oxygen atoms in total. The molecule has 268 valence electrons. The summed E-state index contributed by atoms with van der Waals surface area (Å²) in [6, 6.07) is 60.5. The zero-order valence-corrected chi connectivity index (χ0v) is 31.3. The summed E-state index contributed by atoms with van der Waals surface area (Å²) in [7, 11) is 0. The van der Waals surface area contributed by atoms with Gasteiger partial charge in [0.2, 0.25) is 0 Å². The highest BCUT2D eigenvalue weighted by Crippen LogP contribution is 2.50. The van der Waals surface area contributed by atoms with Crippen LogP contribution in [0.2, 0.25) is 0 Å². The third kappa shape index (κ3) is 3.78. The number of rotatable bonds is 3. The normalized spacial score (nSPS) is 14.6. The van der Waals surface area contributed by atoms with E-state index in [9.17, 15) is 0 Å². The maximum Gasteiger partial charge on any atom is 0.252 e. The summed E-state index contributed by atoms with van der Waals surface area (Å²) < 4.78 is 7.63. The third-order valence-corrected chi connectivity index (χ3v) is 13.3. The molecule has 6 aromatic carbocycles. The highest BCUT2D eigenvalue weighted by Gasteiger charge is 2.44. The fourth-order valence-electron chi connectivity index (χ4n) is 11.1. The van der Waals surface area contributed by atoms with Gasteiger partial charge in [0, 0.05) is 79.3 Å². The molecule has 7 heterocycles. The van der Waals surface area contributed by atoms with Gasteiger partial charge in [-0.1, -0.05) is 115 Å². The fraction of sp³-hybridized carbons (Fsp3) is 0.0385. The topological polar surface area (TPSA) is 40.6 Å². The van der Waals surface area contributed by atoms with Gasteiger partial charge in [0.15, 0.2) is 0 Å². The Morgan fingerprint density at radius 2 is 1.24 bits per heavy atom. The van der Waals surface area contributed by atoms with Crippen molar-refractivity contribution in [1.29, 1.82) is 0 Å². The van der Waals surface area contributed by atoms with Gasteiger partial charge in [-0.15, -0.1) is 0 Å². The second-order valence-corrected chi connectivity index (χ2v) is 16.1. The highest BCUT2D eigenvalue weighted by atomic mass is 15.2. The Labute approximate surface area is 334 Å². The number of benzene rings is 6. The van der Waals surface area contributed by atoms with E-state index in [-0.39, 0.29) is 12.6 Å². The average Bonchev–Trinajstić information content (AvgIpc) is 3.94. The van der Waals surface area contributed by atoms with Gasteiger partial charge in [0.1, 0.15) is 11.3 Å². The molecule has 1 aliphatic carbocycles. The minimum atomic E-state index is 0.0329. The van der Waals surface area contributed by atoms with Crippen molar-refractivity contribution in [3.63, 3.8) is 0 Å². The van der Waals surface area contributed by atoms with Crippen LogP contribution in [0.15, 0.2) is 176 Å². The minimum absolute atomic E-state index is 0.0329. The molecule has 0 radical (unpaired) electrons. The molecule has 0 fully saturated rings. The minimum Gasteiger partial charge on any atom is -0.313 e. The first-order valence-electron chi connectivity index (χ1n) is 20.2. The summed E-state index contributed by atoms with van der Waals surface area (Å²) in [5.41, 5.74) is 21.1. The third-order valence-electron chi connectivity index (χ3n) is 13.3. The highest BCUT2D eigenvalue weighted by molar-refractivity contribution is 7.00. The molecule has 14 rings (SSSR count). The van der Waals surface area contributed by atoms with Crippen molar-refractivity contribution in [2.75, 3.05) is 0 Å².